The third-order valence-corrected chi connectivity index (χ3v) is 4.11. The van der Waals surface area contributed by atoms with Crippen molar-refractivity contribution in [3.05, 3.63) is 71.3 Å². The van der Waals surface area contributed by atoms with Gasteiger partial charge in [-0.2, -0.15) is 0 Å². The van der Waals surface area contributed by atoms with E-state index in [-0.39, 0.29) is 0 Å². The van der Waals surface area contributed by atoms with Crippen molar-refractivity contribution in [1.82, 2.24) is 5.32 Å². The number of unbranched alkanes of at least 4 members (excludes halogenated alkanes) is 1. The van der Waals surface area contributed by atoms with Crippen LogP contribution >= 0.6 is 0 Å². The Morgan fingerprint density at radius 2 is 1.52 bits per heavy atom. The first kappa shape index (κ1) is 15.8. The van der Waals surface area contributed by atoms with E-state index in [0.29, 0.717) is 6.04 Å². The summed E-state index contributed by atoms with van der Waals surface area (Å²) in [7, 11) is 2.06. The Morgan fingerprint density at radius 1 is 0.857 bits per heavy atom. The zero-order valence-electron chi connectivity index (χ0n) is 13.3. The number of aryl methyl sites for hydroxylation is 2. The summed E-state index contributed by atoms with van der Waals surface area (Å²) in [6.45, 7) is 2.25. The second-order valence-electron chi connectivity index (χ2n) is 5.71. The van der Waals surface area contributed by atoms with Crippen LogP contribution < -0.4 is 5.32 Å². The highest BCUT2D eigenvalue weighted by Gasteiger charge is 2.09. The Morgan fingerprint density at radius 3 is 2.14 bits per heavy atom. The first-order valence-electron chi connectivity index (χ1n) is 8.13. The summed E-state index contributed by atoms with van der Waals surface area (Å²) in [6.07, 6.45) is 5.99. The fraction of sp³-hybridized carbons (Fsp3) is 0.400. The average molecular weight is 281 g/mol. The number of benzene rings is 2. The van der Waals surface area contributed by atoms with Crippen LogP contribution in [0.3, 0.4) is 0 Å². The molecule has 0 saturated carbocycles. The van der Waals surface area contributed by atoms with Crippen LogP contribution in [0, 0.1) is 0 Å². The van der Waals surface area contributed by atoms with E-state index >= 15 is 0 Å². The maximum absolute atomic E-state index is 3.45. The zero-order valence-corrected chi connectivity index (χ0v) is 13.3. The number of rotatable bonds is 8. The molecule has 2 aromatic carbocycles. The molecule has 1 nitrogen and oxygen atoms in total. The lowest BCUT2D eigenvalue weighted by Gasteiger charge is -2.17. The van der Waals surface area contributed by atoms with Gasteiger partial charge in [-0.3, -0.25) is 0 Å². The van der Waals surface area contributed by atoms with E-state index in [4.69, 9.17) is 0 Å². The molecule has 112 valence electrons. The Kier molecular flexibility index (Phi) is 6.49. The van der Waals surface area contributed by atoms with Crippen molar-refractivity contribution in [3.63, 3.8) is 0 Å². The number of hydrogen-bond acceptors (Lipinski definition) is 1. The summed E-state index contributed by atoms with van der Waals surface area (Å²) < 4.78 is 0. The molecule has 0 bridgehead atoms. The monoisotopic (exact) mass is 281 g/mol. The van der Waals surface area contributed by atoms with Crippen molar-refractivity contribution in [3.8, 4) is 0 Å². The van der Waals surface area contributed by atoms with Gasteiger partial charge in [-0.15, -0.1) is 0 Å². The molecule has 0 radical (unpaired) electrons. The van der Waals surface area contributed by atoms with E-state index in [9.17, 15) is 0 Å². The summed E-state index contributed by atoms with van der Waals surface area (Å²) in [5.74, 6) is 0. The van der Waals surface area contributed by atoms with Crippen LogP contribution in [0.2, 0.25) is 0 Å². The lowest BCUT2D eigenvalue weighted by molar-refractivity contribution is 0.549. The van der Waals surface area contributed by atoms with Crippen molar-refractivity contribution >= 4 is 0 Å². The highest BCUT2D eigenvalue weighted by atomic mass is 14.9. The molecule has 0 aliphatic heterocycles. The van der Waals surface area contributed by atoms with Crippen LogP contribution in [0.4, 0.5) is 0 Å². The summed E-state index contributed by atoms with van der Waals surface area (Å²) in [5, 5.41) is 3.45. The van der Waals surface area contributed by atoms with Crippen molar-refractivity contribution in [2.24, 2.45) is 0 Å². The first-order chi connectivity index (χ1) is 10.3. The third-order valence-electron chi connectivity index (χ3n) is 4.11. The van der Waals surface area contributed by atoms with Crippen molar-refractivity contribution in [2.75, 3.05) is 7.05 Å². The van der Waals surface area contributed by atoms with E-state index in [0.717, 1.165) is 12.8 Å². The molecule has 21 heavy (non-hydrogen) atoms. The Hall–Kier alpha value is -1.60. The van der Waals surface area contributed by atoms with Crippen LogP contribution in [-0.2, 0) is 12.8 Å². The molecule has 1 heteroatoms. The number of nitrogens with one attached hydrogen (secondary N) is 1. The maximum atomic E-state index is 3.45. The molecular formula is C20H27N. The Balaban J connectivity index is 1.94. The van der Waals surface area contributed by atoms with Gasteiger partial charge in [0.05, 0.1) is 0 Å². The minimum absolute atomic E-state index is 0.436. The Bertz CT molecular complexity index is 501. The molecule has 0 aliphatic rings. The fourth-order valence-electron chi connectivity index (χ4n) is 2.73. The molecule has 1 unspecified atom stereocenters. The summed E-state index contributed by atoms with van der Waals surface area (Å²) in [4.78, 5) is 0. The molecule has 0 aromatic heterocycles. The molecular weight excluding hydrogens is 254 g/mol. The van der Waals surface area contributed by atoms with Gasteiger partial charge in [0.2, 0.25) is 0 Å². The Labute approximate surface area is 129 Å². The zero-order chi connectivity index (χ0) is 14.9. The second kappa shape index (κ2) is 8.63. The van der Waals surface area contributed by atoms with Crippen LogP contribution in [-0.4, -0.2) is 7.05 Å². The van der Waals surface area contributed by atoms with Gasteiger partial charge in [0, 0.05) is 6.04 Å². The minimum atomic E-state index is 0.436. The predicted molar refractivity (Wildman–Crippen MR) is 91.6 cm³/mol. The highest BCUT2D eigenvalue weighted by Crippen LogP contribution is 2.20. The average Bonchev–Trinajstić information content (AvgIpc) is 2.55. The second-order valence-corrected chi connectivity index (χ2v) is 5.71. The minimum Gasteiger partial charge on any atom is -0.313 e. The molecule has 0 saturated heterocycles. The van der Waals surface area contributed by atoms with Crippen LogP contribution in [0.1, 0.15) is 48.9 Å². The quantitative estimate of drug-likeness (QED) is 0.724. The normalized spacial score (nSPS) is 12.3. The molecule has 0 heterocycles. The lowest BCUT2D eigenvalue weighted by Crippen LogP contribution is -2.17. The van der Waals surface area contributed by atoms with E-state index in [1.165, 1.54) is 36.0 Å². The van der Waals surface area contributed by atoms with E-state index in [1.807, 2.05) is 0 Å². The molecule has 0 aliphatic carbocycles. The fourth-order valence-corrected chi connectivity index (χ4v) is 2.73. The molecule has 1 atom stereocenters. The van der Waals surface area contributed by atoms with E-state index in [2.05, 4.69) is 73.9 Å². The van der Waals surface area contributed by atoms with Crippen molar-refractivity contribution in [2.45, 2.75) is 45.1 Å². The van der Waals surface area contributed by atoms with Gasteiger partial charge >= 0.3 is 0 Å². The molecule has 1 N–H and O–H groups in total. The molecule has 2 rings (SSSR count). The van der Waals surface area contributed by atoms with Gasteiger partial charge in [0.1, 0.15) is 0 Å². The van der Waals surface area contributed by atoms with Crippen LogP contribution in [0.5, 0.6) is 0 Å². The number of hydrogen-bond donors (Lipinski definition) is 1. The highest BCUT2D eigenvalue weighted by molar-refractivity contribution is 5.25. The predicted octanol–water partition coefficient (Wildman–Crippen LogP) is 4.92. The molecule has 0 spiro atoms. The van der Waals surface area contributed by atoms with Crippen molar-refractivity contribution in [1.29, 1.82) is 0 Å². The van der Waals surface area contributed by atoms with Crippen molar-refractivity contribution < 1.29 is 0 Å². The molecule has 0 amide bonds. The maximum Gasteiger partial charge on any atom is 0.0320 e. The molecule has 0 fully saturated rings. The lowest BCUT2D eigenvalue weighted by atomic mass is 9.97. The smallest absolute Gasteiger partial charge is 0.0320 e. The van der Waals surface area contributed by atoms with Crippen LogP contribution in [0.15, 0.2) is 54.6 Å². The largest absolute Gasteiger partial charge is 0.313 e. The first-order valence-corrected chi connectivity index (χ1v) is 8.13. The standard InChI is InChI=1S/C20H27N/c1-3-4-8-18-11-14-19(15-12-18)20(21-2)16-13-17-9-6-5-7-10-17/h5-7,9-12,14-15,20-21H,3-4,8,13,16H2,1-2H3. The SMILES string of the molecule is CCCCc1ccc(C(CCc2ccccc2)NC)cc1. The topological polar surface area (TPSA) is 12.0 Å². The van der Waals surface area contributed by atoms with Gasteiger partial charge in [-0.25, -0.2) is 0 Å². The van der Waals surface area contributed by atoms with Gasteiger partial charge in [0.15, 0.2) is 0 Å². The van der Waals surface area contributed by atoms with E-state index in [1.54, 1.807) is 0 Å². The van der Waals surface area contributed by atoms with Gasteiger partial charge in [0.25, 0.3) is 0 Å². The summed E-state index contributed by atoms with van der Waals surface area (Å²) >= 11 is 0. The summed E-state index contributed by atoms with van der Waals surface area (Å²) in [5.41, 5.74) is 4.27. The summed E-state index contributed by atoms with van der Waals surface area (Å²) in [6, 6.07) is 20.3. The third kappa shape index (κ3) is 5.02. The van der Waals surface area contributed by atoms with Gasteiger partial charge in [-0.1, -0.05) is 67.9 Å². The van der Waals surface area contributed by atoms with Crippen LogP contribution in [0.25, 0.3) is 0 Å². The molecule has 2 aromatic rings. The van der Waals surface area contributed by atoms with E-state index < -0.39 is 0 Å². The van der Waals surface area contributed by atoms with Gasteiger partial charge in [-0.05, 0) is 49.4 Å². The van der Waals surface area contributed by atoms with Gasteiger partial charge < -0.3 is 5.32 Å².